The summed E-state index contributed by atoms with van der Waals surface area (Å²) in [5.41, 5.74) is 2.75. The van der Waals surface area contributed by atoms with Crippen LogP contribution in [-0.4, -0.2) is 75.2 Å². The van der Waals surface area contributed by atoms with E-state index in [4.69, 9.17) is 4.74 Å². The highest BCUT2D eigenvalue weighted by Gasteiger charge is 2.41. The average molecular weight is 545 g/mol. The van der Waals surface area contributed by atoms with Gasteiger partial charge in [-0.3, -0.25) is 14.3 Å². The second kappa shape index (κ2) is 15.7. The molecule has 3 N–H and O–H groups in total. The van der Waals surface area contributed by atoms with Gasteiger partial charge in [0, 0.05) is 37.5 Å². The third-order valence-corrected chi connectivity index (χ3v) is 7.22. The molecule has 3 heterocycles. The second-order valence-corrected chi connectivity index (χ2v) is 10.1. The van der Waals surface area contributed by atoms with Gasteiger partial charge in [0.25, 0.3) is 0 Å². The summed E-state index contributed by atoms with van der Waals surface area (Å²) in [7, 11) is 0. The first-order chi connectivity index (χ1) is 18.8. The Hall–Kier alpha value is -2.75. The van der Waals surface area contributed by atoms with Gasteiger partial charge in [-0.15, -0.1) is 0 Å². The fraction of sp³-hybridized carbons (Fsp3) is 0.633. The molecule has 39 heavy (non-hydrogen) atoms. The monoisotopic (exact) mass is 544 g/mol. The smallest absolute Gasteiger partial charge is 0.243 e. The van der Waals surface area contributed by atoms with Crippen LogP contribution in [0.5, 0.6) is 0 Å². The number of hydrogen-bond acceptors (Lipinski definition) is 6. The molecule has 2 aliphatic heterocycles. The van der Waals surface area contributed by atoms with Crippen LogP contribution in [0.2, 0.25) is 0 Å². The third-order valence-electron chi connectivity index (χ3n) is 7.22. The Balaban J connectivity index is 0.00000127. The summed E-state index contributed by atoms with van der Waals surface area (Å²) in [5, 5.41) is 27.5. The number of benzene rings is 1. The number of likely N-dealkylation sites (tertiary alicyclic amines) is 1. The molecule has 2 aliphatic rings. The first kappa shape index (κ1) is 32.5. The Morgan fingerprint density at radius 1 is 1.08 bits per heavy atom. The number of ether oxygens (including phenoxy) is 1. The Bertz CT molecular complexity index is 1020. The van der Waals surface area contributed by atoms with Crippen LogP contribution in [0.3, 0.4) is 0 Å². The molecule has 0 bridgehead atoms. The highest BCUT2D eigenvalue weighted by Crippen LogP contribution is 2.26. The van der Waals surface area contributed by atoms with E-state index >= 15 is 0 Å². The van der Waals surface area contributed by atoms with Crippen LogP contribution in [0, 0.1) is 17.8 Å². The van der Waals surface area contributed by atoms with E-state index in [2.05, 4.69) is 10.4 Å². The molecule has 218 valence electrons. The minimum Gasteiger partial charge on any atom is -0.394 e. The van der Waals surface area contributed by atoms with Crippen LogP contribution in [0.4, 0.5) is 0 Å². The maximum Gasteiger partial charge on any atom is 0.243 e. The van der Waals surface area contributed by atoms with Crippen molar-refractivity contribution in [2.45, 2.75) is 79.6 Å². The lowest BCUT2D eigenvalue weighted by Crippen LogP contribution is -2.49. The van der Waals surface area contributed by atoms with Crippen LogP contribution in [0.15, 0.2) is 36.5 Å². The Morgan fingerprint density at radius 3 is 2.26 bits per heavy atom. The standard InChI is InChI=1S/C26H36N4O5.2C2H6/c1-16(2)17(3)26(34)29-12-21(32)10-24(29)25(33)28-22(13-31)19-4-6-20(7-5-19)23-8-9-27-30(23)11-18-14-35-15-18;2*1-2/h4-9,16-18,21-22,24,31-32H,10-15H2,1-3H3,(H,28,33);2*1-2H3. The summed E-state index contributed by atoms with van der Waals surface area (Å²) in [6.45, 7) is 16.0. The van der Waals surface area contributed by atoms with Crippen molar-refractivity contribution in [3.05, 3.63) is 42.1 Å². The molecule has 0 saturated carbocycles. The molecule has 2 amide bonds. The van der Waals surface area contributed by atoms with E-state index in [1.807, 2.05) is 83.5 Å². The van der Waals surface area contributed by atoms with E-state index in [1.54, 1.807) is 6.20 Å². The molecule has 0 aliphatic carbocycles. The predicted octanol–water partition coefficient (Wildman–Crippen LogP) is 3.65. The lowest BCUT2D eigenvalue weighted by Gasteiger charge is -2.29. The van der Waals surface area contributed by atoms with Crippen LogP contribution in [-0.2, 0) is 20.9 Å². The summed E-state index contributed by atoms with van der Waals surface area (Å²) in [5.74, 6) is -0.138. The Labute approximate surface area is 233 Å². The van der Waals surface area contributed by atoms with Gasteiger partial charge >= 0.3 is 0 Å². The van der Waals surface area contributed by atoms with Crippen molar-refractivity contribution in [2.24, 2.45) is 17.8 Å². The normalized spacial score (nSPS) is 20.2. The van der Waals surface area contributed by atoms with Gasteiger partial charge < -0.3 is 25.2 Å². The number of aliphatic hydroxyl groups is 2. The van der Waals surface area contributed by atoms with Gasteiger partial charge in [0.2, 0.25) is 11.8 Å². The molecule has 4 unspecified atom stereocenters. The molecule has 4 atom stereocenters. The highest BCUT2D eigenvalue weighted by molar-refractivity contribution is 5.89. The number of nitrogens with one attached hydrogen (secondary N) is 1. The van der Waals surface area contributed by atoms with Gasteiger partial charge in [0.15, 0.2) is 0 Å². The Kier molecular flexibility index (Phi) is 13.1. The maximum absolute atomic E-state index is 13.1. The van der Waals surface area contributed by atoms with Crippen molar-refractivity contribution in [1.82, 2.24) is 20.0 Å². The van der Waals surface area contributed by atoms with Crippen molar-refractivity contribution in [3.8, 4) is 11.3 Å². The van der Waals surface area contributed by atoms with E-state index in [0.717, 1.165) is 36.6 Å². The molecule has 9 heteroatoms. The predicted molar refractivity (Wildman–Crippen MR) is 153 cm³/mol. The maximum atomic E-state index is 13.1. The van der Waals surface area contributed by atoms with Gasteiger partial charge in [-0.25, -0.2) is 0 Å². The largest absolute Gasteiger partial charge is 0.394 e. The molecular weight excluding hydrogens is 496 g/mol. The van der Waals surface area contributed by atoms with Crippen molar-refractivity contribution in [3.63, 3.8) is 0 Å². The number of carbonyl (C=O) groups is 2. The molecule has 2 saturated heterocycles. The molecule has 1 aromatic heterocycles. The fourth-order valence-electron chi connectivity index (χ4n) is 4.60. The van der Waals surface area contributed by atoms with Crippen LogP contribution in [0.1, 0.15) is 66.5 Å². The quantitative estimate of drug-likeness (QED) is 0.444. The third kappa shape index (κ3) is 8.13. The molecule has 0 radical (unpaired) electrons. The zero-order valence-electron chi connectivity index (χ0n) is 24.6. The summed E-state index contributed by atoms with van der Waals surface area (Å²) >= 11 is 0. The fourth-order valence-corrected chi connectivity index (χ4v) is 4.60. The molecule has 9 nitrogen and oxygen atoms in total. The van der Waals surface area contributed by atoms with Crippen LogP contribution >= 0.6 is 0 Å². The number of amides is 2. The van der Waals surface area contributed by atoms with Crippen LogP contribution in [0.25, 0.3) is 11.3 Å². The summed E-state index contributed by atoms with van der Waals surface area (Å²) in [6, 6.07) is 8.27. The number of hydrogen-bond donors (Lipinski definition) is 3. The molecule has 2 aromatic rings. The number of aliphatic hydroxyl groups excluding tert-OH is 2. The molecule has 4 rings (SSSR count). The number of rotatable bonds is 9. The second-order valence-electron chi connectivity index (χ2n) is 10.1. The summed E-state index contributed by atoms with van der Waals surface area (Å²) in [6.07, 6.45) is 1.23. The van der Waals surface area contributed by atoms with Gasteiger partial charge in [-0.2, -0.15) is 5.10 Å². The van der Waals surface area contributed by atoms with Gasteiger partial charge in [0.1, 0.15) is 6.04 Å². The van der Waals surface area contributed by atoms with E-state index in [9.17, 15) is 19.8 Å². The molecule has 2 fully saturated rings. The lowest BCUT2D eigenvalue weighted by molar-refractivity contribution is -0.142. The first-order valence-electron chi connectivity index (χ1n) is 14.4. The topological polar surface area (TPSA) is 117 Å². The Morgan fingerprint density at radius 2 is 1.72 bits per heavy atom. The first-order valence-corrected chi connectivity index (χ1v) is 14.4. The zero-order valence-corrected chi connectivity index (χ0v) is 24.6. The minimum absolute atomic E-state index is 0.131. The molecule has 1 aromatic carbocycles. The summed E-state index contributed by atoms with van der Waals surface area (Å²) < 4.78 is 7.24. The average Bonchev–Trinajstić information content (AvgIpc) is 3.57. The van der Waals surface area contributed by atoms with Gasteiger partial charge in [-0.1, -0.05) is 72.7 Å². The van der Waals surface area contributed by atoms with Crippen molar-refractivity contribution >= 4 is 11.8 Å². The lowest BCUT2D eigenvalue weighted by atomic mass is 9.96. The van der Waals surface area contributed by atoms with Crippen LogP contribution < -0.4 is 5.32 Å². The number of aromatic nitrogens is 2. The van der Waals surface area contributed by atoms with E-state index < -0.39 is 18.2 Å². The molecular formula is C30H48N4O5. The summed E-state index contributed by atoms with van der Waals surface area (Å²) in [4.78, 5) is 27.5. The SMILES string of the molecule is CC.CC.CC(C)C(C)C(=O)N1CC(O)CC1C(=O)NC(CO)c1ccc(-c2ccnn2CC2COC2)cc1. The van der Waals surface area contributed by atoms with Crippen molar-refractivity contribution in [1.29, 1.82) is 0 Å². The van der Waals surface area contributed by atoms with E-state index in [-0.39, 0.29) is 43.2 Å². The van der Waals surface area contributed by atoms with Gasteiger partial charge in [-0.05, 0) is 23.1 Å². The number of carbonyl (C=O) groups excluding carboxylic acids is 2. The zero-order chi connectivity index (χ0) is 29.1. The molecule has 0 spiro atoms. The van der Waals surface area contributed by atoms with E-state index in [1.165, 1.54) is 4.90 Å². The highest BCUT2D eigenvalue weighted by atomic mass is 16.5. The van der Waals surface area contributed by atoms with E-state index in [0.29, 0.717) is 5.92 Å². The minimum atomic E-state index is -0.753. The number of nitrogens with zero attached hydrogens (tertiary/aromatic N) is 3. The van der Waals surface area contributed by atoms with Crippen molar-refractivity contribution in [2.75, 3.05) is 26.4 Å². The van der Waals surface area contributed by atoms with Gasteiger partial charge in [0.05, 0.1) is 37.7 Å². The number of β-amino-alcohol motifs (C(OH)–C–C–N with tert-alkyl or cyclic N) is 1. The van der Waals surface area contributed by atoms with Crippen molar-refractivity contribution < 1.29 is 24.5 Å².